The van der Waals surface area contributed by atoms with Gasteiger partial charge in [0.2, 0.25) is 0 Å². The third-order valence-electron chi connectivity index (χ3n) is 4.17. The summed E-state index contributed by atoms with van der Waals surface area (Å²) in [5.74, 6) is 0. The van der Waals surface area contributed by atoms with Gasteiger partial charge in [0.05, 0.1) is 0 Å². The topological polar surface area (TPSA) is 24.1 Å². The van der Waals surface area contributed by atoms with E-state index >= 15 is 0 Å². The summed E-state index contributed by atoms with van der Waals surface area (Å²) in [5.41, 5.74) is 8.35. The van der Waals surface area contributed by atoms with Crippen molar-refractivity contribution in [3.8, 4) is 0 Å². The highest BCUT2D eigenvalue weighted by Crippen LogP contribution is 2.12. The van der Waals surface area contributed by atoms with Crippen LogP contribution >= 0.6 is 0 Å². The molecule has 0 atom stereocenters. The number of hydrogen-bond acceptors (Lipinski definition) is 2. The molecule has 0 aliphatic rings. The van der Waals surface area contributed by atoms with Crippen LogP contribution in [0.25, 0.3) is 0 Å². The van der Waals surface area contributed by atoms with Crippen LogP contribution < -0.4 is 10.6 Å². The summed E-state index contributed by atoms with van der Waals surface area (Å²) >= 11 is 0. The minimum Gasteiger partial charge on any atom is -0.316 e. The standard InChI is InChI=1S/2C10H15N.2C2H6/c2*1-8-5-4-6-10(7-11-3)9(8)2;2*1-2/h2*4-6,11H,7H2,1-3H3;2*1-2H3. The fourth-order valence-electron chi connectivity index (χ4n) is 2.39. The van der Waals surface area contributed by atoms with Gasteiger partial charge in [-0.25, -0.2) is 0 Å². The molecule has 0 saturated heterocycles. The Morgan fingerprint density at radius 1 is 0.577 bits per heavy atom. The van der Waals surface area contributed by atoms with Crippen molar-refractivity contribution in [3.63, 3.8) is 0 Å². The van der Waals surface area contributed by atoms with Crippen LogP contribution in [-0.2, 0) is 13.1 Å². The molecule has 0 amide bonds. The normalized spacial score (nSPS) is 9.00. The Morgan fingerprint density at radius 2 is 0.885 bits per heavy atom. The summed E-state index contributed by atoms with van der Waals surface area (Å²) in [5, 5.41) is 6.30. The number of hydrogen-bond donors (Lipinski definition) is 2. The van der Waals surface area contributed by atoms with E-state index < -0.39 is 0 Å². The number of benzene rings is 2. The molecule has 2 heteroatoms. The molecule has 2 N–H and O–H groups in total. The lowest BCUT2D eigenvalue weighted by Gasteiger charge is -2.06. The second-order valence-corrected chi connectivity index (χ2v) is 5.78. The fourth-order valence-corrected chi connectivity index (χ4v) is 2.39. The van der Waals surface area contributed by atoms with Crippen molar-refractivity contribution in [2.75, 3.05) is 14.1 Å². The number of rotatable bonds is 4. The average molecular weight is 359 g/mol. The second-order valence-electron chi connectivity index (χ2n) is 5.78. The Labute approximate surface area is 163 Å². The quantitative estimate of drug-likeness (QED) is 0.690. The van der Waals surface area contributed by atoms with E-state index in [1.807, 2.05) is 41.8 Å². The van der Waals surface area contributed by atoms with Gasteiger partial charge in [-0.05, 0) is 75.2 Å². The molecule has 0 heterocycles. The molecular weight excluding hydrogens is 316 g/mol. The Hall–Kier alpha value is -1.64. The van der Waals surface area contributed by atoms with Crippen LogP contribution in [0.3, 0.4) is 0 Å². The molecule has 0 aliphatic carbocycles. The maximum atomic E-state index is 3.15. The molecule has 148 valence electrons. The molecule has 0 bridgehead atoms. The van der Waals surface area contributed by atoms with E-state index in [0.29, 0.717) is 0 Å². The first-order valence-electron chi connectivity index (χ1n) is 9.90. The van der Waals surface area contributed by atoms with Crippen molar-refractivity contribution in [1.82, 2.24) is 10.6 Å². The van der Waals surface area contributed by atoms with E-state index in [2.05, 4.69) is 74.7 Å². The van der Waals surface area contributed by atoms with E-state index in [1.54, 1.807) is 0 Å². The first-order chi connectivity index (χ1) is 12.5. The predicted molar refractivity (Wildman–Crippen MR) is 120 cm³/mol. The highest BCUT2D eigenvalue weighted by molar-refractivity contribution is 5.33. The molecule has 2 rings (SSSR count). The largest absolute Gasteiger partial charge is 0.316 e. The van der Waals surface area contributed by atoms with E-state index in [1.165, 1.54) is 33.4 Å². The Bertz CT molecular complexity index is 535. The van der Waals surface area contributed by atoms with Crippen molar-refractivity contribution in [2.45, 2.75) is 68.5 Å². The van der Waals surface area contributed by atoms with Gasteiger partial charge in [0.1, 0.15) is 0 Å². The Balaban J connectivity index is 0. The van der Waals surface area contributed by atoms with Gasteiger partial charge in [0.25, 0.3) is 0 Å². The average Bonchev–Trinajstić information content (AvgIpc) is 2.67. The Morgan fingerprint density at radius 3 is 1.15 bits per heavy atom. The van der Waals surface area contributed by atoms with Crippen LogP contribution in [0.2, 0.25) is 0 Å². The zero-order valence-electron chi connectivity index (χ0n) is 18.9. The van der Waals surface area contributed by atoms with Crippen LogP contribution in [0.4, 0.5) is 0 Å². The van der Waals surface area contributed by atoms with Crippen molar-refractivity contribution in [2.24, 2.45) is 0 Å². The van der Waals surface area contributed by atoms with Crippen molar-refractivity contribution in [3.05, 3.63) is 69.8 Å². The summed E-state index contributed by atoms with van der Waals surface area (Å²) < 4.78 is 0. The van der Waals surface area contributed by atoms with E-state index in [9.17, 15) is 0 Å². The van der Waals surface area contributed by atoms with Gasteiger partial charge < -0.3 is 10.6 Å². The highest BCUT2D eigenvalue weighted by atomic mass is 14.8. The summed E-state index contributed by atoms with van der Waals surface area (Å²) in [7, 11) is 3.95. The molecule has 0 spiro atoms. The molecule has 0 radical (unpaired) electrons. The summed E-state index contributed by atoms with van der Waals surface area (Å²) in [6.45, 7) is 18.6. The van der Waals surface area contributed by atoms with Gasteiger partial charge >= 0.3 is 0 Å². The van der Waals surface area contributed by atoms with Crippen LogP contribution in [0.15, 0.2) is 36.4 Å². The lowest BCUT2D eigenvalue weighted by Crippen LogP contribution is -2.06. The van der Waals surface area contributed by atoms with Gasteiger partial charge in [-0.15, -0.1) is 0 Å². The SMILES string of the molecule is CC.CC.CNCc1cccc(C)c1C.CNCc1cccc(C)c1C. The third kappa shape index (κ3) is 9.74. The van der Waals surface area contributed by atoms with Gasteiger partial charge in [0.15, 0.2) is 0 Å². The summed E-state index contributed by atoms with van der Waals surface area (Å²) in [4.78, 5) is 0. The van der Waals surface area contributed by atoms with Crippen molar-refractivity contribution < 1.29 is 0 Å². The lowest BCUT2D eigenvalue weighted by molar-refractivity contribution is 0.810. The molecule has 0 fully saturated rings. The zero-order chi connectivity index (χ0) is 20.5. The summed E-state index contributed by atoms with van der Waals surface area (Å²) in [6.07, 6.45) is 0. The molecular formula is C24H42N2. The zero-order valence-corrected chi connectivity index (χ0v) is 18.9. The highest BCUT2D eigenvalue weighted by Gasteiger charge is 1.98. The monoisotopic (exact) mass is 358 g/mol. The molecule has 0 aromatic heterocycles. The third-order valence-corrected chi connectivity index (χ3v) is 4.17. The molecule has 2 aromatic carbocycles. The Kier molecular flexibility index (Phi) is 17.2. The van der Waals surface area contributed by atoms with Crippen LogP contribution in [0.1, 0.15) is 61.1 Å². The molecule has 2 nitrogen and oxygen atoms in total. The number of nitrogens with one attached hydrogen (secondary N) is 2. The maximum absolute atomic E-state index is 3.15. The molecule has 0 saturated carbocycles. The first-order valence-corrected chi connectivity index (χ1v) is 9.90. The molecule has 2 aromatic rings. The molecule has 26 heavy (non-hydrogen) atoms. The second kappa shape index (κ2) is 16.8. The maximum Gasteiger partial charge on any atom is 0.0205 e. The van der Waals surface area contributed by atoms with Gasteiger partial charge in [-0.1, -0.05) is 64.1 Å². The molecule has 0 unspecified atom stereocenters. The van der Waals surface area contributed by atoms with E-state index in [-0.39, 0.29) is 0 Å². The fraction of sp³-hybridized carbons (Fsp3) is 0.500. The van der Waals surface area contributed by atoms with Crippen LogP contribution in [0, 0.1) is 27.7 Å². The summed E-state index contributed by atoms with van der Waals surface area (Å²) in [6, 6.07) is 12.8. The minimum atomic E-state index is 0.966. The van der Waals surface area contributed by atoms with E-state index in [0.717, 1.165) is 13.1 Å². The van der Waals surface area contributed by atoms with E-state index in [4.69, 9.17) is 0 Å². The van der Waals surface area contributed by atoms with Crippen molar-refractivity contribution >= 4 is 0 Å². The predicted octanol–water partition coefficient (Wildman–Crippen LogP) is 6.10. The number of aryl methyl sites for hydroxylation is 2. The van der Waals surface area contributed by atoms with Crippen LogP contribution in [0.5, 0.6) is 0 Å². The van der Waals surface area contributed by atoms with Gasteiger partial charge in [0, 0.05) is 13.1 Å². The molecule has 0 aliphatic heterocycles. The van der Waals surface area contributed by atoms with Crippen molar-refractivity contribution in [1.29, 1.82) is 0 Å². The van der Waals surface area contributed by atoms with Gasteiger partial charge in [-0.3, -0.25) is 0 Å². The minimum absolute atomic E-state index is 0.966. The first kappa shape index (κ1) is 26.6. The van der Waals surface area contributed by atoms with Crippen LogP contribution in [-0.4, -0.2) is 14.1 Å². The lowest BCUT2D eigenvalue weighted by atomic mass is 10.0. The van der Waals surface area contributed by atoms with Gasteiger partial charge in [-0.2, -0.15) is 0 Å². The smallest absolute Gasteiger partial charge is 0.0205 e.